The second-order valence-corrected chi connectivity index (χ2v) is 3.01. The number of benzene rings is 1. The highest BCUT2D eigenvalue weighted by molar-refractivity contribution is 5.89. The summed E-state index contributed by atoms with van der Waals surface area (Å²) in [4.78, 5) is 10.7. The average Bonchev–Trinajstić information content (AvgIpc) is 2.71. The van der Waals surface area contributed by atoms with Crippen LogP contribution in [-0.2, 0) is 0 Å². The number of carboxylic acids is 1. The van der Waals surface area contributed by atoms with Crippen LogP contribution in [0.1, 0.15) is 10.4 Å². The normalized spacial score (nSPS) is 10.2. The molecule has 0 aliphatic carbocycles. The topological polar surface area (TPSA) is 50.4 Å². The number of rotatable bonds is 2. The van der Waals surface area contributed by atoms with Crippen LogP contribution in [0.25, 0.3) is 11.1 Å². The molecule has 0 aliphatic heterocycles. The molecule has 0 amide bonds. The lowest BCUT2D eigenvalue weighted by Gasteiger charge is -2.00. The molecular formula is C11H7FO3. The Bertz CT molecular complexity index is 489. The minimum atomic E-state index is -1.28. The maximum atomic E-state index is 13.1. The van der Waals surface area contributed by atoms with Crippen molar-refractivity contribution in [2.75, 3.05) is 0 Å². The van der Waals surface area contributed by atoms with E-state index in [1.165, 1.54) is 24.7 Å². The van der Waals surface area contributed by atoms with Gasteiger partial charge in [0.2, 0.25) is 0 Å². The Balaban J connectivity index is 2.52. The first-order valence-corrected chi connectivity index (χ1v) is 4.24. The zero-order valence-electron chi connectivity index (χ0n) is 7.61. The standard InChI is InChI=1S/C11H7FO3/c12-10-2-1-7(5-9(10)11(13)14)8-3-4-15-6-8/h1-6H,(H,13,14). The van der Waals surface area contributed by atoms with E-state index in [1.807, 2.05) is 0 Å². The van der Waals surface area contributed by atoms with Crippen LogP contribution in [0.5, 0.6) is 0 Å². The zero-order valence-corrected chi connectivity index (χ0v) is 7.61. The van der Waals surface area contributed by atoms with Gasteiger partial charge in [-0.3, -0.25) is 0 Å². The van der Waals surface area contributed by atoms with E-state index in [1.54, 1.807) is 6.07 Å². The van der Waals surface area contributed by atoms with E-state index in [0.29, 0.717) is 5.56 Å². The quantitative estimate of drug-likeness (QED) is 0.821. The van der Waals surface area contributed by atoms with Gasteiger partial charge in [0.15, 0.2) is 0 Å². The molecule has 0 saturated heterocycles. The minimum Gasteiger partial charge on any atom is -0.478 e. The molecule has 0 saturated carbocycles. The van der Waals surface area contributed by atoms with Gasteiger partial charge in [-0.15, -0.1) is 0 Å². The van der Waals surface area contributed by atoms with E-state index in [2.05, 4.69) is 0 Å². The van der Waals surface area contributed by atoms with Crippen molar-refractivity contribution in [3.8, 4) is 11.1 Å². The summed E-state index contributed by atoms with van der Waals surface area (Å²) in [6.45, 7) is 0. The third kappa shape index (κ3) is 1.74. The van der Waals surface area contributed by atoms with Gasteiger partial charge in [0, 0.05) is 5.56 Å². The molecule has 2 rings (SSSR count). The van der Waals surface area contributed by atoms with Crippen molar-refractivity contribution in [1.29, 1.82) is 0 Å². The fourth-order valence-electron chi connectivity index (χ4n) is 1.30. The lowest BCUT2D eigenvalue weighted by Crippen LogP contribution is -2.00. The van der Waals surface area contributed by atoms with E-state index >= 15 is 0 Å². The summed E-state index contributed by atoms with van der Waals surface area (Å²) in [5.41, 5.74) is 0.994. The van der Waals surface area contributed by atoms with Crippen LogP contribution in [0, 0.1) is 5.82 Å². The van der Waals surface area contributed by atoms with E-state index < -0.39 is 11.8 Å². The van der Waals surface area contributed by atoms with Gasteiger partial charge >= 0.3 is 5.97 Å². The SMILES string of the molecule is O=C(O)c1cc(-c2ccoc2)ccc1F. The lowest BCUT2D eigenvalue weighted by atomic mass is 10.1. The van der Waals surface area contributed by atoms with Gasteiger partial charge in [-0.25, -0.2) is 9.18 Å². The number of aromatic carboxylic acids is 1. The van der Waals surface area contributed by atoms with Crippen molar-refractivity contribution in [2.45, 2.75) is 0 Å². The predicted molar refractivity (Wildman–Crippen MR) is 51.1 cm³/mol. The smallest absolute Gasteiger partial charge is 0.338 e. The molecule has 15 heavy (non-hydrogen) atoms. The van der Waals surface area contributed by atoms with Gasteiger partial charge in [0.05, 0.1) is 18.1 Å². The molecule has 1 heterocycles. The summed E-state index contributed by atoms with van der Waals surface area (Å²) in [6.07, 6.45) is 2.94. The molecule has 1 N–H and O–H groups in total. The highest BCUT2D eigenvalue weighted by atomic mass is 19.1. The molecule has 2 aromatic rings. The zero-order chi connectivity index (χ0) is 10.8. The van der Waals surface area contributed by atoms with Crippen LogP contribution < -0.4 is 0 Å². The fourth-order valence-corrected chi connectivity index (χ4v) is 1.30. The van der Waals surface area contributed by atoms with Crippen molar-refractivity contribution >= 4 is 5.97 Å². The second kappa shape index (κ2) is 3.57. The molecule has 0 bridgehead atoms. The van der Waals surface area contributed by atoms with Crippen LogP contribution in [0.15, 0.2) is 41.2 Å². The maximum absolute atomic E-state index is 13.1. The Labute approximate surface area is 84.8 Å². The molecular weight excluding hydrogens is 199 g/mol. The number of hydrogen-bond donors (Lipinski definition) is 1. The van der Waals surface area contributed by atoms with Gasteiger partial charge in [0.1, 0.15) is 5.82 Å². The largest absolute Gasteiger partial charge is 0.478 e. The highest BCUT2D eigenvalue weighted by Gasteiger charge is 2.11. The van der Waals surface area contributed by atoms with Gasteiger partial charge in [-0.1, -0.05) is 6.07 Å². The molecule has 76 valence electrons. The number of halogens is 1. The summed E-state index contributed by atoms with van der Waals surface area (Å²) >= 11 is 0. The fraction of sp³-hybridized carbons (Fsp3) is 0. The first kappa shape index (κ1) is 9.45. The van der Waals surface area contributed by atoms with Crippen molar-refractivity contribution < 1.29 is 18.7 Å². The third-order valence-corrected chi connectivity index (χ3v) is 2.05. The first-order valence-electron chi connectivity index (χ1n) is 4.24. The van der Waals surface area contributed by atoms with Crippen molar-refractivity contribution in [3.63, 3.8) is 0 Å². The van der Waals surface area contributed by atoms with Crippen LogP contribution >= 0.6 is 0 Å². The van der Waals surface area contributed by atoms with E-state index in [0.717, 1.165) is 11.6 Å². The van der Waals surface area contributed by atoms with Crippen molar-refractivity contribution in [3.05, 3.63) is 48.2 Å². The number of carboxylic acid groups (broad SMARTS) is 1. The summed E-state index contributed by atoms with van der Waals surface area (Å²) in [5, 5.41) is 8.72. The summed E-state index contributed by atoms with van der Waals surface area (Å²) in [5.74, 6) is -2.02. The summed E-state index contributed by atoms with van der Waals surface area (Å²) in [6, 6.07) is 5.60. The maximum Gasteiger partial charge on any atom is 0.338 e. The predicted octanol–water partition coefficient (Wildman–Crippen LogP) is 2.78. The Hall–Kier alpha value is -2.10. The van der Waals surface area contributed by atoms with Crippen LogP contribution in [0.4, 0.5) is 4.39 Å². The van der Waals surface area contributed by atoms with E-state index in [9.17, 15) is 9.18 Å². The van der Waals surface area contributed by atoms with Crippen LogP contribution in [-0.4, -0.2) is 11.1 Å². The first-order chi connectivity index (χ1) is 7.18. The third-order valence-electron chi connectivity index (χ3n) is 2.05. The van der Waals surface area contributed by atoms with Gasteiger partial charge in [-0.2, -0.15) is 0 Å². The second-order valence-electron chi connectivity index (χ2n) is 3.01. The molecule has 1 aromatic heterocycles. The monoisotopic (exact) mass is 206 g/mol. The van der Waals surface area contributed by atoms with E-state index in [-0.39, 0.29) is 5.56 Å². The number of furan rings is 1. The molecule has 0 aliphatic rings. The van der Waals surface area contributed by atoms with Crippen LogP contribution in [0.2, 0.25) is 0 Å². The van der Waals surface area contributed by atoms with Gasteiger partial charge in [0.25, 0.3) is 0 Å². The molecule has 0 unspecified atom stereocenters. The molecule has 0 fully saturated rings. The minimum absolute atomic E-state index is 0.339. The Kier molecular flexibility index (Phi) is 2.25. The van der Waals surface area contributed by atoms with Crippen molar-refractivity contribution in [2.24, 2.45) is 0 Å². The van der Waals surface area contributed by atoms with Gasteiger partial charge < -0.3 is 9.52 Å². The van der Waals surface area contributed by atoms with Crippen LogP contribution in [0.3, 0.4) is 0 Å². The molecule has 3 nitrogen and oxygen atoms in total. The number of carbonyl (C=O) groups is 1. The summed E-state index contributed by atoms with van der Waals surface area (Å²) in [7, 11) is 0. The Morgan fingerprint density at radius 1 is 1.27 bits per heavy atom. The highest BCUT2D eigenvalue weighted by Crippen LogP contribution is 2.22. The average molecular weight is 206 g/mol. The van der Waals surface area contributed by atoms with E-state index in [4.69, 9.17) is 9.52 Å². The Morgan fingerprint density at radius 2 is 2.07 bits per heavy atom. The molecule has 0 radical (unpaired) electrons. The van der Waals surface area contributed by atoms with Crippen molar-refractivity contribution in [1.82, 2.24) is 0 Å². The molecule has 4 heteroatoms. The number of hydrogen-bond acceptors (Lipinski definition) is 2. The lowest BCUT2D eigenvalue weighted by molar-refractivity contribution is 0.0692. The molecule has 0 spiro atoms. The van der Waals surface area contributed by atoms with Gasteiger partial charge in [-0.05, 0) is 23.8 Å². The summed E-state index contributed by atoms with van der Waals surface area (Å²) < 4.78 is 17.9. The molecule has 0 atom stereocenters. The Morgan fingerprint density at radius 3 is 2.67 bits per heavy atom. The molecule has 1 aromatic carbocycles.